The van der Waals surface area contributed by atoms with E-state index in [0.29, 0.717) is 12.3 Å². The first-order chi connectivity index (χ1) is 4.61. The lowest BCUT2D eigenvalue weighted by atomic mass is 9.81. The van der Waals surface area contributed by atoms with Crippen LogP contribution in [0.4, 0.5) is 4.39 Å². The molecule has 58 valence electrons. The molecule has 1 saturated carbocycles. The maximum atomic E-state index is 12.8. The standard InChI is InChI=1S/C8H13FO/c1-5-3-6(2)8(9)7(10)4-5/h5-6,8H,3-4H2,1-2H3/t5-,6+,8+/m0/s1. The number of alkyl halides is 1. The summed E-state index contributed by atoms with van der Waals surface area (Å²) in [5, 5.41) is 0. The van der Waals surface area contributed by atoms with Gasteiger partial charge in [0.15, 0.2) is 12.0 Å². The Balaban J connectivity index is 2.57. The molecule has 1 nitrogen and oxygen atoms in total. The van der Waals surface area contributed by atoms with Gasteiger partial charge in [0.05, 0.1) is 0 Å². The van der Waals surface area contributed by atoms with Crippen molar-refractivity contribution in [2.24, 2.45) is 11.8 Å². The number of hydrogen-bond acceptors (Lipinski definition) is 1. The maximum absolute atomic E-state index is 12.8. The summed E-state index contributed by atoms with van der Waals surface area (Å²) >= 11 is 0. The van der Waals surface area contributed by atoms with Gasteiger partial charge in [-0.15, -0.1) is 0 Å². The van der Waals surface area contributed by atoms with Gasteiger partial charge in [-0.1, -0.05) is 13.8 Å². The number of ketones is 1. The molecule has 0 aromatic carbocycles. The highest BCUT2D eigenvalue weighted by atomic mass is 19.1. The molecule has 0 spiro atoms. The molecule has 0 aliphatic heterocycles. The van der Waals surface area contributed by atoms with E-state index in [1.165, 1.54) is 0 Å². The van der Waals surface area contributed by atoms with Crippen LogP contribution in [-0.4, -0.2) is 12.0 Å². The van der Waals surface area contributed by atoms with Crippen LogP contribution in [0.25, 0.3) is 0 Å². The summed E-state index contributed by atoms with van der Waals surface area (Å²) in [6.45, 7) is 3.80. The molecular formula is C8H13FO. The van der Waals surface area contributed by atoms with Crippen LogP contribution in [0.1, 0.15) is 26.7 Å². The highest BCUT2D eigenvalue weighted by molar-refractivity contribution is 5.84. The second-order valence-corrected chi connectivity index (χ2v) is 3.39. The third kappa shape index (κ3) is 1.36. The zero-order chi connectivity index (χ0) is 7.72. The molecule has 1 aliphatic rings. The fourth-order valence-corrected chi connectivity index (χ4v) is 1.61. The Morgan fingerprint density at radius 1 is 1.50 bits per heavy atom. The van der Waals surface area contributed by atoms with Crippen LogP contribution in [0.15, 0.2) is 0 Å². The van der Waals surface area contributed by atoms with E-state index >= 15 is 0 Å². The van der Waals surface area contributed by atoms with Crippen molar-refractivity contribution in [1.82, 2.24) is 0 Å². The third-order valence-corrected chi connectivity index (χ3v) is 2.13. The van der Waals surface area contributed by atoms with Gasteiger partial charge < -0.3 is 0 Å². The summed E-state index contributed by atoms with van der Waals surface area (Å²) in [5.74, 6) is 0.122. The van der Waals surface area contributed by atoms with Crippen LogP contribution < -0.4 is 0 Å². The van der Waals surface area contributed by atoms with Crippen molar-refractivity contribution in [2.75, 3.05) is 0 Å². The zero-order valence-corrected chi connectivity index (χ0v) is 6.43. The van der Waals surface area contributed by atoms with Crippen molar-refractivity contribution in [3.63, 3.8) is 0 Å². The van der Waals surface area contributed by atoms with Crippen LogP contribution in [0.5, 0.6) is 0 Å². The van der Waals surface area contributed by atoms with E-state index in [0.717, 1.165) is 6.42 Å². The minimum atomic E-state index is -1.18. The third-order valence-electron chi connectivity index (χ3n) is 2.13. The van der Waals surface area contributed by atoms with Gasteiger partial charge in [-0.25, -0.2) is 4.39 Å². The van der Waals surface area contributed by atoms with Crippen molar-refractivity contribution in [3.8, 4) is 0 Å². The lowest BCUT2D eigenvalue weighted by Gasteiger charge is -2.25. The number of carbonyl (C=O) groups excluding carboxylic acids is 1. The van der Waals surface area contributed by atoms with E-state index in [1.54, 1.807) is 6.92 Å². The molecule has 1 fully saturated rings. The Bertz CT molecular complexity index is 144. The monoisotopic (exact) mass is 144 g/mol. The average Bonchev–Trinajstić information content (AvgIpc) is 1.82. The fraction of sp³-hybridized carbons (Fsp3) is 0.875. The smallest absolute Gasteiger partial charge is 0.167 e. The van der Waals surface area contributed by atoms with Crippen LogP contribution in [-0.2, 0) is 4.79 Å². The Kier molecular flexibility index (Phi) is 2.07. The number of rotatable bonds is 0. The van der Waals surface area contributed by atoms with Crippen molar-refractivity contribution >= 4 is 5.78 Å². The van der Waals surface area contributed by atoms with Crippen LogP contribution in [0.3, 0.4) is 0 Å². The molecule has 1 aliphatic carbocycles. The molecule has 0 aromatic rings. The predicted octanol–water partition coefficient (Wildman–Crippen LogP) is 1.96. The predicted molar refractivity (Wildman–Crippen MR) is 37.5 cm³/mol. The largest absolute Gasteiger partial charge is 0.296 e. The van der Waals surface area contributed by atoms with Crippen LogP contribution in [0.2, 0.25) is 0 Å². The average molecular weight is 144 g/mol. The summed E-state index contributed by atoms with van der Waals surface area (Å²) in [7, 11) is 0. The molecule has 3 atom stereocenters. The molecule has 0 unspecified atom stereocenters. The van der Waals surface area contributed by atoms with Crippen molar-refractivity contribution < 1.29 is 9.18 Å². The van der Waals surface area contributed by atoms with Gasteiger partial charge >= 0.3 is 0 Å². The van der Waals surface area contributed by atoms with E-state index in [-0.39, 0.29) is 11.7 Å². The summed E-state index contributed by atoms with van der Waals surface area (Å²) in [4.78, 5) is 10.8. The van der Waals surface area contributed by atoms with Gasteiger partial charge in [-0.05, 0) is 18.3 Å². The molecule has 0 amide bonds. The summed E-state index contributed by atoms with van der Waals surface area (Å²) in [5.41, 5.74) is 0. The molecule has 10 heavy (non-hydrogen) atoms. The van der Waals surface area contributed by atoms with Gasteiger partial charge in [0.1, 0.15) is 0 Å². The van der Waals surface area contributed by atoms with Gasteiger partial charge in [-0.2, -0.15) is 0 Å². The topological polar surface area (TPSA) is 17.1 Å². The molecule has 0 radical (unpaired) electrons. The summed E-state index contributed by atoms with van der Waals surface area (Å²) in [6.07, 6.45) is 0.106. The first-order valence-electron chi connectivity index (χ1n) is 3.78. The molecule has 0 saturated heterocycles. The second kappa shape index (κ2) is 2.69. The first kappa shape index (κ1) is 7.70. The Morgan fingerprint density at radius 2 is 2.10 bits per heavy atom. The summed E-state index contributed by atoms with van der Waals surface area (Å²) in [6, 6.07) is 0. The van der Waals surface area contributed by atoms with Crippen LogP contribution >= 0.6 is 0 Å². The maximum Gasteiger partial charge on any atom is 0.167 e. The Labute approximate surface area is 60.6 Å². The van der Waals surface area contributed by atoms with Gasteiger partial charge in [0.25, 0.3) is 0 Å². The van der Waals surface area contributed by atoms with E-state index < -0.39 is 6.17 Å². The molecular weight excluding hydrogens is 131 g/mol. The van der Waals surface area contributed by atoms with Crippen LogP contribution in [0, 0.1) is 11.8 Å². The summed E-state index contributed by atoms with van der Waals surface area (Å²) < 4.78 is 12.8. The zero-order valence-electron chi connectivity index (χ0n) is 6.43. The SMILES string of the molecule is C[C@@H]1CC(=O)[C@H](F)[C@H](C)C1. The number of Topliss-reactive ketones (excluding diaryl/α,β-unsaturated/α-hetero) is 1. The van der Waals surface area contributed by atoms with E-state index in [4.69, 9.17) is 0 Å². The highest BCUT2D eigenvalue weighted by Crippen LogP contribution is 2.27. The molecule has 0 heterocycles. The molecule has 2 heteroatoms. The quantitative estimate of drug-likeness (QED) is 0.508. The molecule has 0 N–H and O–H groups in total. The fourth-order valence-electron chi connectivity index (χ4n) is 1.61. The van der Waals surface area contributed by atoms with Gasteiger partial charge in [0, 0.05) is 6.42 Å². The lowest BCUT2D eigenvalue weighted by Crippen LogP contribution is -2.31. The van der Waals surface area contributed by atoms with Crippen molar-refractivity contribution in [1.29, 1.82) is 0 Å². The highest BCUT2D eigenvalue weighted by Gasteiger charge is 2.31. The molecule has 0 bridgehead atoms. The lowest BCUT2D eigenvalue weighted by molar-refractivity contribution is -0.129. The van der Waals surface area contributed by atoms with E-state index in [9.17, 15) is 9.18 Å². The minimum Gasteiger partial charge on any atom is -0.296 e. The normalized spacial score (nSPS) is 41.9. The number of carbonyl (C=O) groups is 1. The van der Waals surface area contributed by atoms with Gasteiger partial charge in [-0.3, -0.25) is 4.79 Å². The van der Waals surface area contributed by atoms with E-state index in [2.05, 4.69) is 0 Å². The van der Waals surface area contributed by atoms with Gasteiger partial charge in [0.2, 0.25) is 0 Å². The van der Waals surface area contributed by atoms with Crippen molar-refractivity contribution in [3.05, 3.63) is 0 Å². The number of hydrogen-bond donors (Lipinski definition) is 0. The molecule has 1 rings (SSSR count). The molecule has 0 aromatic heterocycles. The second-order valence-electron chi connectivity index (χ2n) is 3.39. The number of halogens is 1. The Morgan fingerprint density at radius 3 is 2.60 bits per heavy atom. The van der Waals surface area contributed by atoms with E-state index in [1.807, 2.05) is 6.92 Å². The Hall–Kier alpha value is -0.400. The minimum absolute atomic E-state index is 0.0590. The first-order valence-corrected chi connectivity index (χ1v) is 3.78. The van der Waals surface area contributed by atoms with Crippen molar-refractivity contribution in [2.45, 2.75) is 32.9 Å².